The fourth-order valence-electron chi connectivity index (χ4n) is 4.16. The zero-order valence-corrected chi connectivity index (χ0v) is 17.6. The molecule has 2 aromatic rings. The lowest BCUT2D eigenvalue weighted by Gasteiger charge is -2.55. The van der Waals surface area contributed by atoms with Crippen LogP contribution in [0.3, 0.4) is 0 Å². The Bertz CT molecular complexity index is 794. The van der Waals surface area contributed by atoms with Crippen LogP contribution in [0.5, 0.6) is 11.5 Å². The molecule has 3 aliphatic heterocycles. The van der Waals surface area contributed by atoms with Gasteiger partial charge in [0.1, 0.15) is 0 Å². The van der Waals surface area contributed by atoms with E-state index >= 15 is 0 Å². The molecule has 0 saturated carbocycles. The normalized spacial score (nSPS) is 20.0. The van der Waals surface area contributed by atoms with Crippen molar-refractivity contribution in [3.05, 3.63) is 45.3 Å². The van der Waals surface area contributed by atoms with E-state index in [2.05, 4.69) is 65.9 Å². The molecule has 0 aromatic heterocycles. The highest BCUT2D eigenvalue weighted by molar-refractivity contribution is 9.10. The molecule has 5 rings (SSSR count). The van der Waals surface area contributed by atoms with Crippen molar-refractivity contribution in [1.29, 1.82) is 0 Å². The van der Waals surface area contributed by atoms with Gasteiger partial charge in [0.15, 0.2) is 11.5 Å². The fourth-order valence-corrected chi connectivity index (χ4v) is 4.84. The minimum absolute atomic E-state index is 0.497. The summed E-state index contributed by atoms with van der Waals surface area (Å²) in [7, 11) is 0. The SMILES string of the molecule is Brc1ccc2c(c1)Oc1cc(Br)ccc1N2CCCN1CC2(COC2)C1. The topological polar surface area (TPSA) is 24.9 Å². The summed E-state index contributed by atoms with van der Waals surface area (Å²) in [6, 6.07) is 12.5. The van der Waals surface area contributed by atoms with Gasteiger partial charge in [0.25, 0.3) is 0 Å². The summed E-state index contributed by atoms with van der Waals surface area (Å²) >= 11 is 7.10. The maximum absolute atomic E-state index is 6.15. The first-order chi connectivity index (χ1) is 12.6. The third-order valence-electron chi connectivity index (χ3n) is 5.44. The van der Waals surface area contributed by atoms with E-state index in [4.69, 9.17) is 9.47 Å². The second kappa shape index (κ2) is 6.51. The fraction of sp³-hybridized carbons (Fsp3) is 0.400. The molecule has 0 amide bonds. The first kappa shape index (κ1) is 17.0. The Morgan fingerprint density at radius 2 is 1.50 bits per heavy atom. The molecule has 2 aromatic carbocycles. The van der Waals surface area contributed by atoms with Gasteiger partial charge in [-0.25, -0.2) is 0 Å². The highest BCUT2D eigenvalue weighted by atomic mass is 79.9. The van der Waals surface area contributed by atoms with Crippen molar-refractivity contribution in [3.8, 4) is 11.5 Å². The summed E-state index contributed by atoms with van der Waals surface area (Å²) in [6.07, 6.45) is 1.13. The van der Waals surface area contributed by atoms with Crippen LogP contribution in [0.2, 0.25) is 0 Å². The Labute approximate surface area is 170 Å². The summed E-state index contributed by atoms with van der Waals surface area (Å²) in [5.41, 5.74) is 2.77. The van der Waals surface area contributed by atoms with Crippen LogP contribution < -0.4 is 9.64 Å². The first-order valence-electron chi connectivity index (χ1n) is 8.97. The maximum atomic E-state index is 6.15. The lowest BCUT2D eigenvalue weighted by atomic mass is 9.78. The van der Waals surface area contributed by atoms with Gasteiger partial charge < -0.3 is 19.3 Å². The molecule has 0 unspecified atom stereocenters. The average molecular weight is 480 g/mol. The van der Waals surface area contributed by atoms with Gasteiger partial charge in [0.2, 0.25) is 0 Å². The lowest BCUT2D eigenvalue weighted by molar-refractivity contribution is -0.188. The lowest BCUT2D eigenvalue weighted by Crippen LogP contribution is -2.65. The third kappa shape index (κ3) is 2.97. The van der Waals surface area contributed by atoms with Crippen molar-refractivity contribution in [1.82, 2.24) is 4.90 Å². The molecule has 0 radical (unpaired) electrons. The van der Waals surface area contributed by atoms with Crippen LogP contribution in [0, 0.1) is 5.41 Å². The number of halogens is 2. The Balaban J connectivity index is 1.32. The predicted molar refractivity (Wildman–Crippen MR) is 110 cm³/mol. The van der Waals surface area contributed by atoms with Gasteiger partial charge in [0, 0.05) is 34.0 Å². The molecular weight excluding hydrogens is 460 g/mol. The van der Waals surface area contributed by atoms with Gasteiger partial charge in [0.05, 0.1) is 24.6 Å². The van der Waals surface area contributed by atoms with E-state index in [1.54, 1.807) is 0 Å². The molecule has 1 spiro atoms. The van der Waals surface area contributed by atoms with Gasteiger partial charge in [-0.15, -0.1) is 0 Å². The Hall–Kier alpha value is -1.08. The molecule has 3 aliphatic rings. The number of fused-ring (bicyclic) bond motifs is 2. The Morgan fingerprint density at radius 1 is 0.885 bits per heavy atom. The predicted octanol–water partition coefficient (Wildman–Crippen LogP) is 5.18. The van der Waals surface area contributed by atoms with Gasteiger partial charge in [-0.2, -0.15) is 0 Å². The van der Waals surface area contributed by atoms with Crippen molar-refractivity contribution in [3.63, 3.8) is 0 Å². The molecular formula is C20H20Br2N2O2. The molecule has 26 heavy (non-hydrogen) atoms. The van der Waals surface area contributed by atoms with E-state index < -0.39 is 0 Å². The minimum atomic E-state index is 0.497. The smallest absolute Gasteiger partial charge is 0.152 e. The Kier molecular flexibility index (Phi) is 4.27. The van der Waals surface area contributed by atoms with Gasteiger partial charge in [-0.1, -0.05) is 31.9 Å². The molecule has 6 heteroatoms. The highest BCUT2D eigenvalue weighted by Crippen LogP contribution is 2.48. The van der Waals surface area contributed by atoms with Crippen molar-refractivity contribution >= 4 is 43.2 Å². The van der Waals surface area contributed by atoms with E-state index in [1.165, 1.54) is 13.1 Å². The van der Waals surface area contributed by atoms with Crippen LogP contribution >= 0.6 is 31.9 Å². The quantitative estimate of drug-likeness (QED) is 0.603. The van der Waals surface area contributed by atoms with Crippen molar-refractivity contribution in [2.24, 2.45) is 5.41 Å². The largest absolute Gasteiger partial charge is 0.453 e. The third-order valence-corrected chi connectivity index (χ3v) is 6.42. The number of hydrogen-bond donors (Lipinski definition) is 0. The number of benzene rings is 2. The van der Waals surface area contributed by atoms with Crippen molar-refractivity contribution in [2.45, 2.75) is 6.42 Å². The zero-order valence-electron chi connectivity index (χ0n) is 14.4. The van der Waals surface area contributed by atoms with Gasteiger partial charge in [-0.3, -0.25) is 0 Å². The average Bonchev–Trinajstić information content (AvgIpc) is 2.53. The van der Waals surface area contributed by atoms with Crippen LogP contribution in [0.4, 0.5) is 11.4 Å². The van der Waals surface area contributed by atoms with E-state index in [-0.39, 0.29) is 0 Å². The summed E-state index contributed by atoms with van der Waals surface area (Å²) in [5.74, 6) is 1.80. The number of ether oxygens (including phenoxy) is 2. The minimum Gasteiger partial charge on any atom is -0.453 e. The number of nitrogens with zero attached hydrogens (tertiary/aromatic N) is 2. The molecule has 136 valence electrons. The van der Waals surface area contributed by atoms with E-state index in [1.807, 2.05) is 12.1 Å². The number of anilines is 2. The van der Waals surface area contributed by atoms with Crippen LogP contribution in [0.15, 0.2) is 45.3 Å². The van der Waals surface area contributed by atoms with Crippen LogP contribution in [0.25, 0.3) is 0 Å². The van der Waals surface area contributed by atoms with Crippen LogP contribution in [-0.4, -0.2) is 44.3 Å². The summed E-state index contributed by atoms with van der Waals surface area (Å²) in [4.78, 5) is 4.93. The van der Waals surface area contributed by atoms with Gasteiger partial charge >= 0.3 is 0 Å². The standard InChI is InChI=1S/C20H20Br2N2O2/c21-14-2-4-16-18(8-14)26-19-9-15(22)3-5-17(19)24(16)7-1-6-23-10-20(11-23)12-25-13-20/h2-5,8-9H,1,6-7,10-13H2. The number of likely N-dealkylation sites (tertiary alicyclic amines) is 1. The molecule has 0 aliphatic carbocycles. The maximum Gasteiger partial charge on any atom is 0.152 e. The van der Waals surface area contributed by atoms with E-state index in [9.17, 15) is 0 Å². The van der Waals surface area contributed by atoms with Crippen molar-refractivity contribution < 1.29 is 9.47 Å². The molecule has 3 heterocycles. The number of hydrogen-bond acceptors (Lipinski definition) is 4. The summed E-state index contributed by atoms with van der Waals surface area (Å²) in [6.45, 7) is 6.42. The summed E-state index contributed by atoms with van der Waals surface area (Å²) < 4.78 is 13.6. The van der Waals surface area contributed by atoms with E-state index in [0.717, 1.165) is 64.5 Å². The second-order valence-electron chi connectivity index (χ2n) is 7.53. The zero-order chi connectivity index (χ0) is 17.7. The molecule has 2 saturated heterocycles. The van der Waals surface area contributed by atoms with E-state index in [0.29, 0.717) is 5.41 Å². The monoisotopic (exact) mass is 478 g/mol. The molecule has 0 bridgehead atoms. The molecule has 0 atom stereocenters. The summed E-state index contributed by atoms with van der Waals surface area (Å²) in [5, 5.41) is 0. The second-order valence-corrected chi connectivity index (χ2v) is 9.37. The molecule has 4 nitrogen and oxygen atoms in total. The molecule has 0 N–H and O–H groups in total. The van der Waals surface area contributed by atoms with Crippen molar-refractivity contribution in [2.75, 3.05) is 44.3 Å². The molecule has 2 fully saturated rings. The first-order valence-corrected chi connectivity index (χ1v) is 10.6. The Morgan fingerprint density at radius 3 is 2.04 bits per heavy atom. The highest BCUT2D eigenvalue weighted by Gasteiger charge is 2.48. The number of rotatable bonds is 4. The van der Waals surface area contributed by atoms with Crippen LogP contribution in [-0.2, 0) is 4.74 Å². The van der Waals surface area contributed by atoms with Crippen LogP contribution in [0.1, 0.15) is 6.42 Å². The van der Waals surface area contributed by atoms with Gasteiger partial charge in [-0.05, 0) is 49.4 Å².